The fourth-order valence-electron chi connectivity index (χ4n) is 2.87. The third kappa shape index (κ3) is 2.74. The van der Waals surface area contributed by atoms with Crippen LogP contribution in [0.5, 0.6) is 0 Å². The van der Waals surface area contributed by atoms with Crippen molar-refractivity contribution in [2.24, 2.45) is 17.8 Å². The summed E-state index contributed by atoms with van der Waals surface area (Å²) in [5.41, 5.74) is 1.93. The maximum atomic E-state index is 12.8. The molecule has 1 aromatic carbocycles. The van der Waals surface area contributed by atoms with Crippen LogP contribution >= 0.6 is 0 Å². The van der Waals surface area contributed by atoms with E-state index in [1.54, 1.807) is 0 Å². The first kappa shape index (κ1) is 13.9. The first-order valence-electron chi connectivity index (χ1n) is 6.17. The van der Waals surface area contributed by atoms with Gasteiger partial charge in [0.25, 0.3) is 0 Å². The lowest BCUT2D eigenvalue weighted by molar-refractivity contribution is -0.196. The van der Waals surface area contributed by atoms with Crippen molar-refractivity contribution < 1.29 is 23.1 Å². The number of carboxylic acids is 1. The summed E-state index contributed by atoms with van der Waals surface area (Å²) in [6.45, 7) is 0.960. The summed E-state index contributed by atoms with van der Waals surface area (Å²) in [5, 5.41) is 9.15. The van der Waals surface area contributed by atoms with Crippen LogP contribution in [0.2, 0.25) is 0 Å². The van der Waals surface area contributed by atoms with Gasteiger partial charge in [-0.3, -0.25) is 4.79 Å². The standard InChI is InChI=1S/C14H15F3O2/c1-8(14(15,16)17)12(13(18)19)11-6-9-4-2-3-5-10(9)7-11/h2-5,8,11-12H,6-7H2,1H3,(H,18,19)/t8-,12?/m1/s1. The summed E-state index contributed by atoms with van der Waals surface area (Å²) >= 11 is 0. The van der Waals surface area contributed by atoms with Crippen LogP contribution in [0.15, 0.2) is 24.3 Å². The Balaban J connectivity index is 2.22. The fourth-order valence-corrected chi connectivity index (χ4v) is 2.87. The van der Waals surface area contributed by atoms with E-state index in [4.69, 9.17) is 5.11 Å². The van der Waals surface area contributed by atoms with E-state index in [1.807, 2.05) is 24.3 Å². The van der Waals surface area contributed by atoms with E-state index in [0.717, 1.165) is 18.1 Å². The van der Waals surface area contributed by atoms with Crippen molar-refractivity contribution in [3.8, 4) is 0 Å². The zero-order chi connectivity index (χ0) is 14.2. The lowest BCUT2D eigenvalue weighted by Gasteiger charge is -2.27. The second kappa shape index (κ2) is 4.87. The topological polar surface area (TPSA) is 37.3 Å². The van der Waals surface area contributed by atoms with Gasteiger partial charge in [-0.2, -0.15) is 13.2 Å². The molecule has 1 N–H and O–H groups in total. The lowest BCUT2D eigenvalue weighted by atomic mass is 9.80. The summed E-state index contributed by atoms with van der Waals surface area (Å²) in [6.07, 6.45) is -3.65. The third-order valence-electron chi connectivity index (χ3n) is 3.93. The van der Waals surface area contributed by atoms with Gasteiger partial charge in [-0.1, -0.05) is 31.2 Å². The van der Waals surface area contributed by atoms with Gasteiger partial charge in [0, 0.05) is 0 Å². The van der Waals surface area contributed by atoms with Crippen LogP contribution in [-0.4, -0.2) is 17.3 Å². The number of hydrogen-bond acceptors (Lipinski definition) is 1. The first-order chi connectivity index (χ1) is 8.80. The summed E-state index contributed by atoms with van der Waals surface area (Å²) in [7, 11) is 0. The molecule has 2 rings (SSSR count). The van der Waals surface area contributed by atoms with Crippen LogP contribution < -0.4 is 0 Å². The number of fused-ring (bicyclic) bond motifs is 1. The Morgan fingerprint density at radius 2 is 1.74 bits per heavy atom. The molecule has 1 aliphatic rings. The van der Waals surface area contributed by atoms with Gasteiger partial charge >= 0.3 is 12.1 Å². The molecule has 0 aromatic heterocycles. The highest BCUT2D eigenvalue weighted by molar-refractivity contribution is 5.71. The summed E-state index contributed by atoms with van der Waals surface area (Å²) < 4.78 is 38.3. The van der Waals surface area contributed by atoms with Crippen molar-refractivity contribution in [1.82, 2.24) is 0 Å². The normalized spacial score (nSPS) is 18.9. The molecule has 0 spiro atoms. The number of carboxylic acid groups (broad SMARTS) is 1. The van der Waals surface area contributed by atoms with Crippen LogP contribution in [0.3, 0.4) is 0 Å². The Labute approximate surface area is 109 Å². The van der Waals surface area contributed by atoms with E-state index in [-0.39, 0.29) is 0 Å². The SMILES string of the molecule is C[C@H](C(C(=O)O)C1Cc2ccccc2C1)C(F)(F)F. The van der Waals surface area contributed by atoms with Gasteiger partial charge in [-0.15, -0.1) is 0 Å². The maximum absolute atomic E-state index is 12.8. The second-order valence-corrected chi connectivity index (χ2v) is 5.13. The van der Waals surface area contributed by atoms with Crippen LogP contribution in [0.25, 0.3) is 0 Å². The molecule has 5 heteroatoms. The smallest absolute Gasteiger partial charge is 0.392 e. The molecule has 0 fully saturated rings. The Morgan fingerprint density at radius 1 is 1.26 bits per heavy atom. The van der Waals surface area contributed by atoms with Gasteiger partial charge in [-0.25, -0.2) is 0 Å². The zero-order valence-electron chi connectivity index (χ0n) is 10.4. The van der Waals surface area contributed by atoms with E-state index in [0.29, 0.717) is 12.8 Å². The highest BCUT2D eigenvalue weighted by atomic mass is 19.4. The first-order valence-corrected chi connectivity index (χ1v) is 6.17. The fraction of sp³-hybridized carbons (Fsp3) is 0.500. The molecular formula is C14H15F3O2. The van der Waals surface area contributed by atoms with Crippen molar-refractivity contribution in [3.05, 3.63) is 35.4 Å². The molecule has 0 amide bonds. The number of hydrogen-bond donors (Lipinski definition) is 1. The van der Waals surface area contributed by atoms with E-state index in [1.165, 1.54) is 0 Å². The molecule has 0 saturated carbocycles. The Kier molecular flexibility index (Phi) is 3.56. The van der Waals surface area contributed by atoms with E-state index in [2.05, 4.69) is 0 Å². The van der Waals surface area contributed by atoms with Gasteiger partial charge < -0.3 is 5.11 Å². The minimum Gasteiger partial charge on any atom is -0.481 e. The molecule has 104 valence electrons. The monoisotopic (exact) mass is 272 g/mol. The Bertz CT molecular complexity index is 457. The average Bonchev–Trinajstić information content (AvgIpc) is 2.70. The predicted molar refractivity (Wildman–Crippen MR) is 63.7 cm³/mol. The van der Waals surface area contributed by atoms with Crippen molar-refractivity contribution in [2.45, 2.75) is 25.9 Å². The molecule has 0 saturated heterocycles. The largest absolute Gasteiger partial charge is 0.481 e. The van der Waals surface area contributed by atoms with Crippen molar-refractivity contribution in [1.29, 1.82) is 0 Å². The van der Waals surface area contributed by atoms with E-state index >= 15 is 0 Å². The molecular weight excluding hydrogens is 257 g/mol. The molecule has 0 radical (unpaired) electrons. The quantitative estimate of drug-likeness (QED) is 0.916. The number of halogens is 3. The highest BCUT2D eigenvalue weighted by Crippen LogP contribution is 2.40. The number of carbonyl (C=O) groups is 1. The third-order valence-corrected chi connectivity index (χ3v) is 3.93. The van der Waals surface area contributed by atoms with E-state index in [9.17, 15) is 18.0 Å². The Hall–Kier alpha value is -1.52. The van der Waals surface area contributed by atoms with Crippen LogP contribution in [0.4, 0.5) is 13.2 Å². The maximum Gasteiger partial charge on any atom is 0.392 e. The van der Waals surface area contributed by atoms with Gasteiger partial charge in [-0.05, 0) is 29.9 Å². The van der Waals surface area contributed by atoms with Crippen molar-refractivity contribution in [2.75, 3.05) is 0 Å². The summed E-state index contributed by atoms with van der Waals surface area (Å²) in [5.74, 6) is -5.05. The lowest BCUT2D eigenvalue weighted by Crippen LogP contribution is -2.38. The Morgan fingerprint density at radius 3 is 2.11 bits per heavy atom. The molecule has 2 atom stereocenters. The average molecular weight is 272 g/mol. The number of aliphatic carboxylic acids is 1. The van der Waals surface area contributed by atoms with Crippen LogP contribution in [-0.2, 0) is 17.6 Å². The van der Waals surface area contributed by atoms with Crippen LogP contribution in [0, 0.1) is 17.8 Å². The number of rotatable bonds is 3. The molecule has 19 heavy (non-hydrogen) atoms. The zero-order valence-corrected chi connectivity index (χ0v) is 10.4. The van der Waals surface area contributed by atoms with Crippen LogP contribution in [0.1, 0.15) is 18.1 Å². The predicted octanol–water partition coefficient (Wildman–Crippen LogP) is 3.30. The van der Waals surface area contributed by atoms with Gasteiger partial charge in [0.1, 0.15) is 0 Å². The minimum absolute atomic E-state index is 0.410. The number of benzene rings is 1. The van der Waals surface area contributed by atoms with E-state index < -0.39 is 29.9 Å². The van der Waals surface area contributed by atoms with Crippen molar-refractivity contribution >= 4 is 5.97 Å². The van der Waals surface area contributed by atoms with Gasteiger partial charge in [0.2, 0.25) is 0 Å². The minimum atomic E-state index is -4.47. The second-order valence-electron chi connectivity index (χ2n) is 5.13. The molecule has 1 aliphatic carbocycles. The molecule has 0 aliphatic heterocycles. The highest BCUT2D eigenvalue weighted by Gasteiger charge is 2.48. The molecule has 1 aromatic rings. The molecule has 1 unspecified atom stereocenters. The van der Waals surface area contributed by atoms with Gasteiger partial charge in [0.15, 0.2) is 0 Å². The summed E-state index contributed by atoms with van der Waals surface area (Å²) in [6, 6.07) is 7.35. The molecule has 0 bridgehead atoms. The summed E-state index contributed by atoms with van der Waals surface area (Å²) in [4.78, 5) is 11.2. The number of alkyl halides is 3. The molecule has 0 heterocycles. The molecule has 2 nitrogen and oxygen atoms in total. The van der Waals surface area contributed by atoms with Crippen molar-refractivity contribution in [3.63, 3.8) is 0 Å². The van der Waals surface area contributed by atoms with Gasteiger partial charge in [0.05, 0.1) is 11.8 Å².